The van der Waals surface area contributed by atoms with Crippen LogP contribution in [0.1, 0.15) is 31.4 Å². The lowest BCUT2D eigenvalue weighted by Crippen LogP contribution is -2.24. The minimum atomic E-state index is -0.486. The predicted molar refractivity (Wildman–Crippen MR) is 159 cm³/mol. The molecule has 3 heterocycles. The molecule has 0 atom stereocenters. The first-order chi connectivity index (χ1) is 19.9. The van der Waals surface area contributed by atoms with Crippen molar-refractivity contribution in [1.82, 2.24) is 19.8 Å². The van der Waals surface area contributed by atoms with Crippen molar-refractivity contribution in [2.75, 3.05) is 48.1 Å². The first kappa shape index (κ1) is 28.1. The molecular formula is C31H36N4O6. The van der Waals surface area contributed by atoms with Crippen LogP contribution in [0.3, 0.4) is 0 Å². The third-order valence-corrected chi connectivity index (χ3v) is 7.81. The van der Waals surface area contributed by atoms with Crippen LogP contribution in [-0.2, 0) is 16.1 Å². The Kier molecular flexibility index (Phi) is 7.94. The van der Waals surface area contributed by atoms with Gasteiger partial charge in [-0.2, -0.15) is 0 Å². The molecule has 0 fully saturated rings. The first-order valence-corrected chi connectivity index (χ1v) is 13.7. The van der Waals surface area contributed by atoms with Gasteiger partial charge in [0.15, 0.2) is 23.0 Å². The van der Waals surface area contributed by atoms with Gasteiger partial charge in [0.05, 0.1) is 61.4 Å². The van der Waals surface area contributed by atoms with Crippen LogP contribution in [0.2, 0.25) is 0 Å². The molecule has 2 N–H and O–H groups in total. The number of rotatable bonds is 12. The highest BCUT2D eigenvalue weighted by Crippen LogP contribution is 2.46. The van der Waals surface area contributed by atoms with Crippen molar-refractivity contribution >= 4 is 44.8 Å². The Morgan fingerprint density at radius 1 is 0.780 bits per heavy atom. The lowest BCUT2D eigenvalue weighted by atomic mass is 9.95. The average molecular weight is 561 g/mol. The number of benzene rings is 2. The third kappa shape index (κ3) is 4.67. The topological polar surface area (TPSA) is 107 Å². The van der Waals surface area contributed by atoms with Crippen molar-refractivity contribution in [2.24, 2.45) is 0 Å². The van der Waals surface area contributed by atoms with Gasteiger partial charge in [0.2, 0.25) is 0 Å². The van der Waals surface area contributed by atoms with Gasteiger partial charge in [0.25, 0.3) is 11.8 Å². The number of carbonyl (C=O) groups excluding carboxylic acids is 2. The number of methoxy groups -OCH3 is 4. The van der Waals surface area contributed by atoms with Gasteiger partial charge in [-0.05, 0) is 50.3 Å². The maximum atomic E-state index is 13.5. The number of aromatic nitrogens is 2. The quantitative estimate of drug-likeness (QED) is 0.247. The molecule has 0 unspecified atom stereocenters. The Morgan fingerprint density at radius 2 is 1.39 bits per heavy atom. The van der Waals surface area contributed by atoms with Crippen molar-refractivity contribution < 1.29 is 28.5 Å². The number of H-pyrrole nitrogens is 1. The van der Waals surface area contributed by atoms with Gasteiger partial charge in [-0.3, -0.25) is 14.9 Å². The minimum Gasteiger partial charge on any atom is -0.493 e. The SMILES string of the molecule is CCN(CC)CCCn1cc(C2=C(c3c[nH]c4ccc(OC)c(OC)c34)C(=O)NC2=O)c2c(OC)c(OC)ccc21. The van der Waals surface area contributed by atoms with Crippen molar-refractivity contribution in [1.29, 1.82) is 0 Å². The summed E-state index contributed by atoms with van der Waals surface area (Å²) in [7, 11) is 6.25. The summed E-state index contributed by atoms with van der Waals surface area (Å²) >= 11 is 0. The normalized spacial score (nSPS) is 13.5. The molecule has 2 aromatic heterocycles. The molecule has 0 spiro atoms. The van der Waals surface area contributed by atoms with Gasteiger partial charge >= 0.3 is 0 Å². The van der Waals surface area contributed by atoms with E-state index in [9.17, 15) is 9.59 Å². The summed E-state index contributed by atoms with van der Waals surface area (Å²) in [5.74, 6) is 1.06. The zero-order valence-corrected chi connectivity index (χ0v) is 24.3. The standard InChI is InChI=1S/C31H36N4O6/c1-7-34(8-2)14-9-15-35-17-19(25-21(35)11-13-23(39-4)29(25)41-6)27-26(30(36)33-31(27)37)18-16-32-20-10-12-22(38-3)28(40-5)24(18)20/h10-13,16-17,32H,7-9,14-15H2,1-6H3,(H,33,36,37). The van der Waals surface area contributed by atoms with E-state index in [0.717, 1.165) is 43.6 Å². The van der Waals surface area contributed by atoms with Gasteiger partial charge in [0, 0.05) is 30.1 Å². The second kappa shape index (κ2) is 11.6. The third-order valence-electron chi connectivity index (χ3n) is 7.81. The van der Waals surface area contributed by atoms with Gasteiger partial charge in [0.1, 0.15) is 0 Å². The summed E-state index contributed by atoms with van der Waals surface area (Å²) in [4.78, 5) is 32.6. The Hall–Kier alpha value is -4.44. The van der Waals surface area contributed by atoms with Gasteiger partial charge in [-0.1, -0.05) is 13.8 Å². The number of ether oxygens (including phenoxy) is 4. The van der Waals surface area contributed by atoms with Crippen LogP contribution < -0.4 is 24.3 Å². The van der Waals surface area contributed by atoms with Gasteiger partial charge in [-0.25, -0.2) is 0 Å². The first-order valence-electron chi connectivity index (χ1n) is 13.7. The van der Waals surface area contributed by atoms with Crippen LogP contribution in [0.5, 0.6) is 23.0 Å². The number of fused-ring (bicyclic) bond motifs is 2. The summed E-state index contributed by atoms with van der Waals surface area (Å²) in [5.41, 5.74) is 3.27. The fourth-order valence-electron chi connectivity index (χ4n) is 5.79. The molecule has 2 aromatic carbocycles. The summed E-state index contributed by atoms with van der Waals surface area (Å²) in [6.07, 6.45) is 4.58. The van der Waals surface area contributed by atoms with E-state index in [1.807, 2.05) is 24.4 Å². The Balaban J connectivity index is 1.77. The monoisotopic (exact) mass is 560 g/mol. The maximum absolute atomic E-state index is 13.5. The van der Waals surface area contributed by atoms with E-state index in [-0.39, 0.29) is 11.1 Å². The number of hydrogen-bond acceptors (Lipinski definition) is 7. The largest absolute Gasteiger partial charge is 0.493 e. The molecule has 0 saturated carbocycles. The van der Waals surface area contributed by atoms with Crippen LogP contribution in [-0.4, -0.2) is 74.3 Å². The van der Waals surface area contributed by atoms with E-state index in [1.165, 1.54) is 0 Å². The average Bonchev–Trinajstić information content (AvgIpc) is 3.66. The van der Waals surface area contributed by atoms with Crippen molar-refractivity contribution in [3.63, 3.8) is 0 Å². The second-order valence-electron chi connectivity index (χ2n) is 9.77. The van der Waals surface area contributed by atoms with Gasteiger partial charge in [-0.15, -0.1) is 0 Å². The van der Waals surface area contributed by atoms with E-state index in [1.54, 1.807) is 40.7 Å². The maximum Gasteiger partial charge on any atom is 0.259 e. The number of nitrogens with one attached hydrogen (secondary N) is 2. The van der Waals surface area contributed by atoms with E-state index >= 15 is 0 Å². The van der Waals surface area contributed by atoms with Crippen molar-refractivity contribution in [3.8, 4) is 23.0 Å². The van der Waals surface area contributed by atoms with Crippen molar-refractivity contribution in [2.45, 2.75) is 26.8 Å². The molecule has 0 radical (unpaired) electrons. The molecule has 0 bridgehead atoms. The Labute approximate surface area is 238 Å². The number of carbonyl (C=O) groups is 2. The smallest absolute Gasteiger partial charge is 0.259 e. The predicted octanol–water partition coefficient (Wildman–Crippen LogP) is 4.46. The summed E-state index contributed by atoms with van der Waals surface area (Å²) in [6.45, 7) is 7.94. The molecule has 1 aliphatic heterocycles. The molecular weight excluding hydrogens is 524 g/mol. The minimum absolute atomic E-state index is 0.250. The molecule has 216 valence electrons. The number of aryl methyl sites for hydroxylation is 1. The van der Waals surface area contributed by atoms with Crippen LogP contribution in [0, 0.1) is 0 Å². The van der Waals surface area contributed by atoms with E-state index < -0.39 is 11.8 Å². The molecule has 4 aromatic rings. The highest BCUT2D eigenvalue weighted by Gasteiger charge is 2.37. The molecule has 5 rings (SSSR count). The molecule has 1 aliphatic rings. The number of imide groups is 1. The van der Waals surface area contributed by atoms with Crippen LogP contribution in [0.4, 0.5) is 0 Å². The summed E-state index contributed by atoms with van der Waals surface area (Å²) in [6, 6.07) is 7.47. The zero-order chi connectivity index (χ0) is 29.3. The Morgan fingerprint density at radius 3 is 2.00 bits per heavy atom. The highest BCUT2D eigenvalue weighted by molar-refractivity contribution is 6.51. The summed E-state index contributed by atoms with van der Waals surface area (Å²) in [5, 5.41) is 3.88. The zero-order valence-electron chi connectivity index (χ0n) is 24.3. The molecule has 2 amide bonds. The fourth-order valence-corrected chi connectivity index (χ4v) is 5.79. The number of nitrogens with zero attached hydrogens (tertiary/aromatic N) is 2. The lowest BCUT2D eigenvalue weighted by Gasteiger charge is -2.18. The Bertz CT molecular complexity index is 1660. The van der Waals surface area contributed by atoms with E-state index in [2.05, 4.69) is 33.6 Å². The van der Waals surface area contributed by atoms with Gasteiger partial charge < -0.3 is 33.4 Å². The van der Waals surface area contributed by atoms with Crippen LogP contribution in [0.25, 0.3) is 33.0 Å². The molecule has 0 saturated heterocycles. The lowest BCUT2D eigenvalue weighted by molar-refractivity contribution is -0.122. The summed E-state index contributed by atoms with van der Waals surface area (Å²) < 4.78 is 24.8. The number of aromatic amines is 1. The molecule has 0 aliphatic carbocycles. The fraction of sp³-hybridized carbons (Fsp3) is 0.355. The molecule has 41 heavy (non-hydrogen) atoms. The second-order valence-corrected chi connectivity index (χ2v) is 9.77. The number of hydrogen-bond donors (Lipinski definition) is 2. The molecule has 10 heteroatoms. The van der Waals surface area contributed by atoms with Crippen LogP contribution >= 0.6 is 0 Å². The molecule has 10 nitrogen and oxygen atoms in total. The van der Waals surface area contributed by atoms with Crippen molar-refractivity contribution in [3.05, 3.63) is 47.8 Å². The number of amides is 2. The van der Waals surface area contributed by atoms with E-state index in [4.69, 9.17) is 18.9 Å². The van der Waals surface area contributed by atoms with Crippen LogP contribution in [0.15, 0.2) is 36.7 Å². The highest BCUT2D eigenvalue weighted by atomic mass is 16.5. The van der Waals surface area contributed by atoms with E-state index in [0.29, 0.717) is 44.9 Å².